The first-order valence-electron chi connectivity index (χ1n) is 5.33. The Bertz CT molecular complexity index is 377. The van der Waals surface area contributed by atoms with Gasteiger partial charge in [0.1, 0.15) is 11.8 Å². The summed E-state index contributed by atoms with van der Waals surface area (Å²) in [4.78, 5) is 22.6. The number of benzene rings is 1. The van der Waals surface area contributed by atoms with Crippen molar-refractivity contribution in [3.8, 4) is 5.75 Å². The van der Waals surface area contributed by atoms with Gasteiger partial charge in [-0.1, -0.05) is 18.2 Å². The molecule has 92 valence electrons. The average molecular weight is 237 g/mol. The lowest BCUT2D eigenvalue weighted by Gasteiger charge is -2.12. The molecule has 1 N–H and O–H groups in total. The number of amides is 1. The van der Waals surface area contributed by atoms with Gasteiger partial charge >= 0.3 is 12.1 Å². The number of nitrogens with one attached hydrogen (secondary N) is 1. The van der Waals surface area contributed by atoms with Gasteiger partial charge in [0.25, 0.3) is 0 Å². The summed E-state index contributed by atoms with van der Waals surface area (Å²) in [6.07, 6.45) is -0.684. The Hall–Kier alpha value is -2.04. The molecule has 1 rings (SSSR count). The van der Waals surface area contributed by atoms with Crippen molar-refractivity contribution in [3.63, 3.8) is 0 Å². The molecule has 0 aromatic heterocycles. The Labute approximate surface area is 99.7 Å². The van der Waals surface area contributed by atoms with Gasteiger partial charge in [0.05, 0.1) is 6.61 Å². The zero-order valence-corrected chi connectivity index (χ0v) is 9.80. The van der Waals surface area contributed by atoms with Crippen molar-refractivity contribution in [1.82, 2.24) is 5.32 Å². The molecule has 0 heterocycles. The predicted molar refractivity (Wildman–Crippen MR) is 61.7 cm³/mol. The largest absolute Gasteiger partial charge is 0.464 e. The van der Waals surface area contributed by atoms with E-state index < -0.39 is 18.1 Å². The van der Waals surface area contributed by atoms with Crippen molar-refractivity contribution >= 4 is 12.1 Å². The first-order valence-corrected chi connectivity index (χ1v) is 5.33. The molecule has 0 aliphatic rings. The van der Waals surface area contributed by atoms with E-state index in [1.54, 1.807) is 31.2 Å². The van der Waals surface area contributed by atoms with Crippen molar-refractivity contribution in [2.45, 2.75) is 19.9 Å². The molecular weight excluding hydrogens is 222 g/mol. The first-order chi connectivity index (χ1) is 8.13. The summed E-state index contributed by atoms with van der Waals surface area (Å²) in [5.74, 6) is -0.0708. The quantitative estimate of drug-likeness (QED) is 0.810. The van der Waals surface area contributed by atoms with E-state index in [-0.39, 0.29) is 6.61 Å². The van der Waals surface area contributed by atoms with Crippen molar-refractivity contribution in [3.05, 3.63) is 30.3 Å². The van der Waals surface area contributed by atoms with Crippen LogP contribution in [0.2, 0.25) is 0 Å². The second-order valence-electron chi connectivity index (χ2n) is 3.32. The normalized spacial score (nSPS) is 11.4. The molecule has 0 saturated carbocycles. The van der Waals surface area contributed by atoms with E-state index in [2.05, 4.69) is 5.32 Å². The molecular formula is C12H15NO4. The molecule has 5 heteroatoms. The van der Waals surface area contributed by atoms with E-state index in [9.17, 15) is 9.59 Å². The van der Waals surface area contributed by atoms with Gasteiger partial charge in [-0.05, 0) is 26.0 Å². The molecule has 0 radical (unpaired) electrons. The Morgan fingerprint density at radius 3 is 2.53 bits per heavy atom. The summed E-state index contributed by atoms with van der Waals surface area (Å²) in [7, 11) is 0. The van der Waals surface area contributed by atoms with Crippen LogP contribution in [0.25, 0.3) is 0 Å². The fraction of sp³-hybridized carbons (Fsp3) is 0.333. The maximum Gasteiger partial charge on any atom is 0.413 e. The van der Waals surface area contributed by atoms with Crippen molar-refractivity contribution in [1.29, 1.82) is 0 Å². The standard InChI is InChI=1S/C12H15NO4/c1-3-16-11(14)9(2)13-12(15)17-10-7-5-4-6-8-10/h4-9H,3H2,1-2H3,(H,13,15). The molecule has 0 fully saturated rings. The lowest BCUT2D eigenvalue weighted by molar-refractivity contribution is -0.144. The van der Waals surface area contributed by atoms with Crippen LogP contribution in [0, 0.1) is 0 Å². The molecule has 1 aromatic rings. The molecule has 0 spiro atoms. The number of rotatable bonds is 4. The number of carbonyl (C=O) groups excluding carboxylic acids is 2. The van der Waals surface area contributed by atoms with E-state index in [1.807, 2.05) is 6.07 Å². The van der Waals surface area contributed by atoms with Gasteiger partial charge in [0, 0.05) is 0 Å². The molecule has 1 atom stereocenters. The van der Waals surface area contributed by atoms with Gasteiger partial charge in [0.2, 0.25) is 0 Å². The van der Waals surface area contributed by atoms with Gasteiger partial charge in [-0.15, -0.1) is 0 Å². The van der Waals surface area contributed by atoms with Crippen molar-refractivity contribution in [2.75, 3.05) is 6.61 Å². The smallest absolute Gasteiger partial charge is 0.413 e. The SMILES string of the molecule is CCOC(=O)C(C)NC(=O)Oc1ccccc1. The van der Waals surface area contributed by atoms with Crippen LogP contribution in [0.3, 0.4) is 0 Å². The Kier molecular flexibility index (Phi) is 5.00. The Balaban J connectivity index is 2.42. The van der Waals surface area contributed by atoms with Crippen LogP contribution >= 0.6 is 0 Å². The summed E-state index contributed by atoms with van der Waals surface area (Å²) in [6, 6.07) is 7.87. The van der Waals surface area contributed by atoms with Crippen LogP contribution in [0.1, 0.15) is 13.8 Å². The summed E-state index contributed by atoms with van der Waals surface area (Å²) in [5.41, 5.74) is 0. The summed E-state index contributed by atoms with van der Waals surface area (Å²) >= 11 is 0. The van der Waals surface area contributed by atoms with E-state index in [0.717, 1.165) is 0 Å². The predicted octanol–water partition coefficient (Wildman–Crippen LogP) is 1.73. The van der Waals surface area contributed by atoms with Gasteiger partial charge < -0.3 is 14.8 Å². The summed E-state index contributed by atoms with van der Waals surface area (Å²) < 4.78 is 9.70. The Morgan fingerprint density at radius 2 is 1.94 bits per heavy atom. The molecule has 0 aliphatic carbocycles. The highest BCUT2D eigenvalue weighted by Gasteiger charge is 2.17. The first kappa shape index (κ1) is 13.0. The van der Waals surface area contributed by atoms with Crippen LogP contribution in [0.4, 0.5) is 4.79 Å². The number of para-hydroxylation sites is 1. The molecule has 1 amide bonds. The van der Waals surface area contributed by atoms with E-state index in [1.165, 1.54) is 6.92 Å². The van der Waals surface area contributed by atoms with Crippen molar-refractivity contribution < 1.29 is 19.1 Å². The van der Waals surface area contributed by atoms with Gasteiger partial charge in [0.15, 0.2) is 0 Å². The maximum atomic E-state index is 11.4. The average Bonchev–Trinajstić information content (AvgIpc) is 2.30. The third-order valence-corrected chi connectivity index (χ3v) is 1.93. The fourth-order valence-electron chi connectivity index (χ4n) is 1.13. The molecule has 0 bridgehead atoms. The van der Waals surface area contributed by atoms with E-state index in [4.69, 9.17) is 9.47 Å². The zero-order valence-electron chi connectivity index (χ0n) is 9.80. The topological polar surface area (TPSA) is 64.6 Å². The highest BCUT2D eigenvalue weighted by Crippen LogP contribution is 2.08. The minimum Gasteiger partial charge on any atom is -0.464 e. The third kappa shape index (κ3) is 4.55. The highest BCUT2D eigenvalue weighted by molar-refractivity contribution is 5.81. The molecule has 0 saturated heterocycles. The molecule has 1 unspecified atom stereocenters. The van der Waals surface area contributed by atoms with Crippen LogP contribution in [-0.2, 0) is 9.53 Å². The van der Waals surface area contributed by atoms with Crippen LogP contribution in [-0.4, -0.2) is 24.7 Å². The molecule has 5 nitrogen and oxygen atoms in total. The van der Waals surface area contributed by atoms with Gasteiger partial charge in [-0.2, -0.15) is 0 Å². The molecule has 0 aliphatic heterocycles. The van der Waals surface area contributed by atoms with E-state index >= 15 is 0 Å². The second kappa shape index (κ2) is 6.52. The zero-order chi connectivity index (χ0) is 12.7. The Morgan fingerprint density at radius 1 is 1.29 bits per heavy atom. The van der Waals surface area contributed by atoms with Crippen LogP contribution in [0.5, 0.6) is 5.75 Å². The highest BCUT2D eigenvalue weighted by atomic mass is 16.6. The van der Waals surface area contributed by atoms with E-state index in [0.29, 0.717) is 5.75 Å². The molecule has 1 aromatic carbocycles. The fourth-order valence-corrected chi connectivity index (χ4v) is 1.13. The lowest BCUT2D eigenvalue weighted by atomic mass is 10.3. The monoisotopic (exact) mass is 237 g/mol. The number of esters is 1. The minimum atomic E-state index is -0.730. The molecule has 17 heavy (non-hydrogen) atoms. The lowest BCUT2D eigenvalue weighted by Crippen LogP contribution is -2.41. The van der Waals surface area contributed by atoms with Crippen LogP contribution in [0.15, 0.2) is 30.3 Å². The summed E-state index contributed by atoms with van der Waals surface area (Å²) in [5, 5.41) is 2.38. The van der Waals surface area contributed by atoms with Gasteiger partial charge in [-0.3, -0.25) is 0 Å². The van der Waals surface area contributed by atoms with Crippen LogP contribution < -0.4 is 10.1 Å². The minimum absolute atomic E-state index is 0.276. The maximum absolute atomic E-state index is 11.4. The van der Waals surface area contributed by atoms with Crippen molar-refractivity contribution in [2.24, 2.45) is 0 Å². The second-order valence-corrected chi connectivity index (χ2v) is 3.32. The number of hydrogen-bond donors (Lipinski definition) is 1. The third-order valence-electron chi connectivity index (χ3n) is 1.93. The summed E-state index contributed by atoms with van der Waals surface area (Å²) in [6.45, 7) is 3.51. The number of ether oxygens (including phenoxy) is 2. The number of carbonyl (C=O) groups is 2. The number of hydrogen-bond acceptors (Lipinski definition) is 4. The van der Waals surface area contributed by atoms with Gasteiger partial charge in [-0.25, -0.2) is 9.59 Å².